The van der Waals surface area contributed by atoms with E-state index in [0.29, 0.717) is 10.7 Å². The summed E-state index contributed by atoms with van der Waals surface area (Å²) in [5.41, 5.74) is 0.495. The first-order valence-electron chi connectivity index (χ1n) is 6.43. The van der Waals surface area contributed by atoms with E-state index in [0.717, 1.165) is 10.8 Å². The number of anilines is 1. The number of halogens is 2. The van der Waals surface area contributed by atoms with Crippen molar-refractivity contribution in [3.8, 4) is 0 Å². The molecule has 0 aromatic heterocycles. The lowest BCUT2D eigenvalue weighted by molar-refractivity contribution is 0.601. The summed E-state index contributed by atoms with van der Waals surface area (Å²) in [6, 6.07) is 17.3. The molecule has 0 atom stereocenters. The molecule has 3 rings (SSSR count). The molecule has 0 spiro atoms. The highest BCUT2D eigenvalue weighted by molar-refractivity contribution is 7.92. The fourth-order valence-electron chi connectivity index (χ4n) is 2.20. The van der Waals surface area contributed by atoms with Crippen LogP contribution in [0, 0.1) is 0 Å². The molecule has 6 heteroatoms. The molecular weight excluding hydrogens is 341 g/mol. The molecule has 0 aliphatic rings. The Kier molecular flexibility index (Phi) is 4.00. The van der Waals surface area contributed by atoms with Crippen LogP contribution in [-0.4, -0.2) is 8.42 Å². The first kappa shape index (κ1) is 15.2. The Morgan fingerprint density at radius 1 is 0.864 bits per heavy atom. The van der Waals surface area contributed by atoms with Crippen molar-refractivity contribution in [1.82, 2.24) is 0 Å². The van der Waals surface area contributed by atoms with Crippen LogP contribution in [0.3, 0.4) is 0 Å². The Hall–Kier alpha value is -1.75. The van der Waals surface area contributed by atoms with Crippen LogP contribution in [0.2, 0.25) is 10.0 Å². The van der Waals surface area contributed by atoms with Gasteiger partial charge in [-0.1, -0.05) is 59.6 Å². The van der Waals surface area contributed by atoms with E-state index in [2.05, 4.69) is 4.72 Å². The number of benzene rings is 3. The van der Waals surface area contributed by atoms with E-state index in [-0.39, 0.29) is 9.92 Å². The molecule has 0 aliphatic heterocycles. The molecule has 1 N–H and O–H groups in total. The number of fused-ring (bicyclic) bond motifs is 1. The van der Waals surface area contributed by atoms with Gasteiger partial charge in [0.1, 0.15) is 4.90 Å². The van der Waals surface area contributed by atoms with Gasteiger partial charge in [-0.05, 0) is 29.7 Å². The molecule has 0 bridgehead atoms. The minimum Gasteiger partial charge on any atom is -0.279 e. The van der Waals surface area contributed by atoms with E-state index in [1.54, 1.807) is 18.2 Å². The number of nitrogens with one attached hydrogen (secondary N) is 1. The molecule has 0 saturated heterocycles. The van der Waals surface area contributed by atoms with Gasteiger partial charge in [-0.15, -0.1) is 0 Å². The number of hydrogen-bond donors (Lipinski definition) is 1. The molecule has 3 aromatic carbocycles. The highest BCUT2D eigenvalue weighted by atomic mass is 35.5. The third-order valence-electron chi connectivity index (χ3n) is 3.22. The summed E-state index contributed by atoms with van der Waals surface area (Å²) in [7, 11) is -3.82. The Morgan fingerprint density at radius 2 is 1.59 bits per heavy atom. The Labute approximate surface area is 138 Å². The highest BCUT2D eigenvalue weighted by Gasteiger charge is 2.19. The number of rotatable bonds is 3. The molecular formula is C16H11Cl2NO2S. The number of sulfonamides is 1. The van der Waals surface area contributed by atoms with E-state index in [4.69, 9.17) is 23.2 Å². The molecule has 0 fully saturated rings. The van der Waals surface area contributed by atoms with Crippen molar-refractivity contribution in [2.45, 2.75) is 4.90 Å². The van der Waals surface area contributed by atoms with Crippen LogP contribution in [0.1, 0.15) is 0 Å². The summed E-state index contributed by atoms with van der Waals surface area (Å²) < 4.78 is 27.7. The Bertz CT molecular complexity index is 950. The van der Waals surface area contributed by atoms with Crippen molar-refractivity contribution >= 4 is 49.7 Å². The normalized spacial score (nSPS) is 11.5. The van der Waals surface area contributed by atoms with Crippen LogP contribution < -0.4 is 4.72 Å². The van der Waals surface area contributed by atoms with Crippen LogP contribution >= 0.6 is 23.2 Å². The van der Waals surface area contributed by atoms with Gasteiger partial charge >= 0.3 is 0 Å². The monoisotopic (exact) mass is 351 g/mol. The maximum atomic E-state index is 12.6. The molecule has 0 aliphatic carbocycles. The maximum absolute atomic E-state index is 12.6. The third-order valence-corrected chi connectivity index (χ3v) is 5.30. The van der Waals surface area contributed by atoms with E-state index < -0.39 is 10.0 Å². The third kappa shape index (κ3) is 2.90. The average molecular weight is 352 g/mol. The summed E-state index contributed by atoms with van der Waals surface area (Å²) in [5.74, 6) is 0. The fourth-order valence-corrected chi connectivity index (χ4v) is 4.04. The molecule has 22 heavy (non-hydrogen) atoms. The first-order chi connectivity index (χ1) is 10.5. The van der Waals surface area contributed by atoms with Crippen molar-refractivity contribution in [2.75, 3.05) is 4.72 Å². The SMILES string of the molecule is O=S(=O)(Nc1cccc2ccccc12)c1cc(Cl)ccc1Cl. The van der Waals surface area contributed by atoms with Gasteiger partial charge in [-0.3, -0.25) is 4.72 Å². The van der Waals surface area contributed by atoms with Gasteiger partial charge in [0, 0.05) is 10.4 Å². The summed E-state index contributed by atoms with van der Waals surface area (Å²) in [5, 5.41) is 2.19. The zero-order valence-electron chi connectivity index (χ0n) is 11.3. The predicted octanol–water partition coefficient (Wildman–Crippen LogP) is 4.95. The quantitative estimate of drug-likeness (QED) is 0.725. The van der Waals surface area contributed by atoms with Crippen molar-refractivity contribution in [3.63, 3.8) is 0 Å². The number of hydrogen-bond acceptors (Lipinski definition) is 2. The summed E-state index contributed by atoms with van der Waals surface area (Å²) in [6.07, 6.45) is 0. The Balaban J connectivity index is 2.09. The molecule has 0 amide bonds. The van der Waals surface area contributed by atoms with Crippen molar-refractivity contribution in [3.05, 3.63) is 70.7 Å². The smallest absolute Gasteiger partial charge is 0.263 e. The summed E-state index contributed by atoms with van der Waals surface area (Å²) >= 11 is 11.9. The summed E-state index contributed by atoms with van der Waals surface area (Å²) in [6.45, 7) is 0. The average Bonchev–Trinajstić information content (AvgIpc) is 2.50. The zero-order valence-corrected chi connectivity index (χ0v) is 13.6. The minimum atomic E-state index is -3.82. The van der Waals surface area contributed by atoms with E-state index >= 15 is 0 Å². The Morgan fingerprint density at radius 3 is 2.41 bits per heavy atom. The van der Waals surface area contributed by atoms with Crippen LogP contribution in [0.15, 0.2) is 65.6 Å². The van der Waals surface area contributed by atoms with Crippen molar-refractivity contribution < 1.29 is 8.42 Å². The lowest BCUT2D eigenvalue weighted by atomic mass is 10.1. The lowest BCUT2D eigenvalue weighted by Crippen LogP contribution is -2.13. The van der Waals surface area contributed by atoms with E-state index in [1.165, 1.54) is 12.1 Å². The molecule has 0 heterocycles. The van der Waals surface area contributed by atoms with Gasteiger partial charge in [-0.2, -0.15) is 0 Å². The van der Waals surface area contributed by atoms with Crippen LogP contribution in [0.25, 0.3) is 10.8 Å². The van der Waals surface area contributed by atoms with Gasteiger partial charge in [0.25, 0.3) is 10.0 Å². The van der Waals surface area contributed by atoms with Crippen LogP contribution in [0.4, 0.5) is 5.69 Å². The van der Waals surface area contributed by atoms with Crippen LogP contribution in [-0.2, 0) is 10.0 Å². The highest BCUT2D eigenvalue weighted by Crippen LogP contribution is 2.29. The van der Waals surface area contributed by atoms with Gasteiger partial charge in [0.2, 0.25) is 0 Å². The molecule has 3 nitrogen and oxygen atoms in total. The second kappa shape index (κ2) is 5.80. The zero-order chi connectivity index (χ0) is 15.7. The topological polar surface area (TPSA) is 46.2 Å². The fraction of sp³-hybridized carbons (Fsp3) is 0. The van der Waals surface area contributed by atoms with Gasteiger partial charge in [0.05, 0.1) is 10.7 Å². The van der Waals surface area contributed by atoms with E-state index in [9.17, 15) is 8.42 Å². The second-order valence-corrected chi connectivity index (χ2v) is 7.20. The molecule has 112 valence electrons. The largest absolute Gasteiger partial charge is 0.279 e. The lowest BCUT2D eigenvalue weighted by Gasteiger charge is -2.12. The van der Waals surface area contributed by atoms with Gasteiger partial charge in [-0.25, -0.2) is 8.42 Å². The predicted molar refractivity (Wildman–Crippen MR) is 91.2 cm³/mol. The second-order valence-electron chi connectivity index (χ2n) is 4.71. The van der Waals surface area contributed by atoms with Gasteiger partial charge < -0.3 is 0 Å². The molecule has 0 saturated carbocycles. The molecule has 0 radical (unpaired) electrons. The minimum absolute atomic E-state index is 0.0467. The molecule has 0 unspecified atom stereocenters. The summed E-state index contributed by atoms with van der Waals surface area (Å²) in [4.78, 5) is -0.0467. The first-order valence-corrected chi connectivity index (χ1v) is 8.67. The van der Waals surface area contributed by atoms with Crippen molar-refractivity contribution in [1.29, 1.82) is 0 Å². The molecule has 3 aromatic rings. The van der Waals surface area contributed by atoms with Crippen LogP contribution in [0.5, 0.6) is 0 Å². The standard InChI is InChI=1S/C16H11Cl2NO2S/c17-12-8-9-14(18)16(10-12)22(20,21)19-15-7-3-5-11-4-1-2-6-13(11)15/h1-10,19H. The maximum Gasteiger partial charge on any atom is 0.263 e. The van der Waals surface area contributed by atoms with Gasteiger partial charge in [0.15, 0.2) is 0 Å². The van der Waals surface area contributed by atoms with E-state index in [1.807, 2.05) is 30.3 Å². The van der Waals surface area contributed by atoms with Crippen molar-refractivity contribution in [2.24, 2.45) is 0 Å².